The van der Waals surface area contributed by atoms with E-state index in [0.717, 1.165) is 0 Å². The van der Waals surface area contributed by atoms with Crippen molar-refractivity contribution >= 4 is 23.4 Å². The zero-order chi connectivity index (χ0) is 22.9. The molecule has 4 N–H and O–H groups in total. The van der Waals surface area contributed by atoms with Crippen molar-refractivity contribution < 1.29 is 22.3 Å². The van der Waals surface area contributed by atoms with E-state index in [4.69, 9.17) is 27.8 Å². The number of alkyl halides is 4. The summed E-state index contributed by atoms with van der Waals surface area (Å²) in [6.45, 7) is -0.374. The molecule has 13 heteroatoms. The summed E-state index contributed by atoms with van der Waals surface area (Å²) in [6, 6.07) is 6.37. The molecule has 0 radical (unpaired) electrons. The van der Waals surface area contributed by atoms with Crippen LogP contribution in [-0.2, 0) is 6.54 Å². The van der Waals surface area contributed by atoms with Crippen LogP contribution in [0.15, 0.2) is 18.2 Å². The summed E-state index contributed by atoms with van der Waals surface area (Å²) in [6.07, 6.45) is -6.28. The van der Waals surface area contributed by atoms with Crippen LogP contribution in [0.4, 0.5) is 29.3 Å². The lowest BCUT2D eigenvalue weighted by atomic mass is 10.0. The van der Waals surface area contributed by atoms with Crippen LogP contribution in [0, 0.1) is 11.3 Å². The molecule has 0 spiro atoms. The van der Waals surface area contributed by atoms with Gasteiger partial charge in [0.2, 0.25) is 5.95 Å². The van der Waals surface area contributed by atoms with E-state index in [2.05, 4.69) is 15.1 Å². The highest BCUT2D eigenvalue weighted by Crippen LogP contribution is 2.36. The lowest BCUT2D eigenvalue weighted by molar-refractivity contribution is 0.139. The molecule has 3 aromatic rings. The van der Waals surface area contributed by atoms with Gasteiger partial charge in [-0.25, -0.2) is 22.5 Å². The average molecular weight is 456 g/mol. The highest BCUT2D eigenvalue weighted by molar-refractivity contribution is 6.32. The molecule has 0 aliphatic carbocycles. The molecule has 8 nitrogen and oxygen atoms in total. The Morgan fingerprint density at radius 1 is 1.19 bits per heavy atom. The first-order chi connectivity index (χ1) is 14.7. The first-order valence-electron chi connectivity index (χ1n) is 8.50. The summed E-state index contributed by atoms with van der Waals surface area (Å²) in [5, 5.41) is 12.1. The normalized spacial score (nSPS) is 11.2. The summed E-state index contributed by atoms with van der Waals surface area (Å²) in [5.74, 6) is -0.0604. The van der Waals surface area contributed by atoms with Crippen molar-refractivity contribution in [2.45, 2.75) is 19.4 Å². The molecule has 31 heavy (non-hydrogen) atoms. The minimum Gasteiger partial charge on any atom is -0.496 e. The summed E-state index contributed by atoms with van der Waals surface area (Å²) in [4.78, 5) is 7.76. The van der Waals surface area contributed by atoms with Gasteiger partial charge in [0.25, 0.3) is 12.9 Å². The van der Waals surface area contributed by atoms with Crippen LogP contribution in [0.25, 0.3) is 11.3 Å². The molecule has 1 aromatic carbocycles. The molecule has 0 bridgehead atoms. The maximum atomic E-state index is 13.5. The number of methoxy groups -OCH3 is 1. The van der Waals surface area contributed by atoms with Crippen LogP contribution in [0.1, 0.15) is 35.4 Å². The van der Waals surface area contributed by atoms with E-state index >= 15 is 0 Å². The number of rotatable bonds is 6. The molecule has 0 saturated heterocycles. The summed E-state index contributed by atoms with van der Waals surface area (Å²) in [5.41, 5.74) is 10.2. The third-order valence-corrected chi connectivity index (χ3v) is 4.70. The molecule has 0 saturated carbocycles. The summed E-state index contributed by atoms with van der Waals surface area (Å²) < 4.78 is 59.1. The van der Waals surface area contributed by atoms with Crippen molar-refractivity contribution in [3.63, 3.8) is 0 Å². The van der Waals surface area contributed by atoms with Gasteiger partial charge in [0.1, 0.15) is 34.6 Å². The summed E-state index contributed by atoms with van der Waals surface area (Å²) >= 11 is 5.71. The molecule has 2 aromatic heterocycles. The maximum Gasteiger partial charge on any atom is 0.283 e. The number of hydrogen-bond donors (Lipinski definition) is 2. The molecule has 0 atom stereocenters. The second-order valence-electron chi connectivity index (χ2n) is 6.17. The van der Waals surface area contributed by atoms with E-state index in [1.807, 2.05) is 6.07 Å². The van der Waals surface area contributed by atoms with Gasteiger partial charge in [0.05, 0.1) is 24.4 Å². The van der Waals surface area contributed by atoms with Gasteiger partial charge in [-0.05, 0) is 18.2 Å². The largest absolute Gasteiger partial charge is 0.496 e. The van der Waals surface area contributed by atoms with Gasteiger partial charge in [0, 0.05) is 11.1 Å². The van der Waals surface area contributed by atoms with Crippen LogP contribution in [-0.4, -0.2) is 26.9 Å². The highest BCUT2D eigenvalue weighted by atomic mass is 35.5. The topological polar surface area (TPSA) is 129 Å². The van der Waals surface area contributed by atoms with Crippen molar-refractivity contribution in [2.75, 3.05) is 18.6 Å². The smallest absolute Gasteiger partial charge is 0.283 e. The van der Waals surface area contributed by atoms with Crippen LogP contribution < -0.4 is 16.2 Å². The number of ether oxygens (including phenoxy) is 1. The van der Waals surface area contributed by atoms with E-state index in [1.165, 1.54) is 19.2 Å². The predicted octanol–water partition coefficient (Wildman–Crippen LogP) is 3.96. The Bertz CT molecular complexity index is 1180. The molecule has 0 amide bonds. The molecule has 0 unspecified atom stereocenters. The number of nitrogens with zero attached hydrogens (tertiary/aromatic N) is 5. The van der Waals surface area contributed by atoms with E-state index in [-0.39, 0.29) is 40.9 Å². The monoisotopic (exact) mass is 455 g/mol. The van der Waals surface area contributed by atoms with Crippen LogP contribution in [0.5, 0.6) is 5.75 Å². The van der Waals surface area contributed by atoms with Crippen LogP contribution >= 0.6 is 11.6 Å². The minimum absolute atomic E-state index is 0.0410. The number of nitrogen functional groups attached to an aromatic ring is 2. The Morgan fingerprint density at radius 2 is 1.90 bits per heavy atom. The number of halogens is 5. The zero-order valence-corrected chi connectivity index (χ0v) is 16.5. The van der Waals surface area contributed by atoms with Crippen molar-refractivity contribution in [3.05, 3.63) is 45.7 Å². The van der Waals surface area contributed by atoms with Gasteiger partial charge in [-0.15, -0.1) is 0 Å². The van der Waals surface area contributed by atoms with Gasteiger partial charge in [0.15, 0.2) is 0 Å². The first kappa shape index (κ1) is 22.1. The molecule has 0 aliphatic heterocycles. The third kappa shape index (κ3) is 4.17. The van der Waals surface area contributed by atoms with Crippen molar-refractivity contribution in [3.8, 4) is 23.1 Å². The van der Waals surface area contributed by atoms with E-state index in [0.29, 0.717) is 10.2 Å². The van der Waals surface area contributed by atoms with Gasteiger partial charge >= 0.3 is 0 Å². The lowest BCUT2D eigenvalue weighted by Gasteiger charge is -2.14. The minimum atomic E-state index is -3.15. The number of nitriles is 1. The number of hydrogen-bond acceptors (Lipinski definition) is 7. The Morgan fingerprint density at radius 3 is 2.48 bits per heavy atom. The number of nitrogens with two attached hydrogens (primary N) is 2. The van der Waals surface area contributed by atoms with Gasteiger partial charge in [-0.1, -0.05) is 11.6 Å². The molecule has 0 aliphatic rings. The maximum absolute atomic E-state index is 13.5. The fourth-order valence-corrected chi connectivity index (χ4v) is 3.27. The van der Waals surface area contributed by atoms with Gasteiger partial charge in [-0.3, -0.25) is 4.68 Å². The molecule has 3 rings (SSSR count). The Hall–Kier alpha value is -3.59. The first-order valence-corrected chi connectivity index (χ1v) is 8.88. The van der Waals surface area contributed by atoms with Crippen molar-refractivity contribution in [2.24, 2.45) is 0 Å². The fourth-order valence-electron chi connectivity index (χ4n) is 2.97. The van der Waals surface area contributed by atoms with Crippen molar-refractivity contribution in [1.82, 2.24) is 19.7 Å². The highest BCUT2D eigenvalue weighted by Gasteiger charge is 2.28. The van der Waals surface area contributed by atoms with Gasteiger partial charge < -0.3 is 16.2 Å². The average Bonchev–Trinajstić information content (AvgIpc) is 3.03. The second-order valence-corrected chi connectivity index (χ2v) is 6.55. The molecule has 0 fully saturated rings. The second kappa shape index (κ2) is 8.65. The van der Waals surface area contributed by atoms with E-state index in [9.17, 15) is 22.8 Å². The zero-order valence-electron chi connectivity index (χ0n) is 15.8. The SMILES string of the molecule is COc1ccc(-c2nc(N)nc(N)c2C#N)cc1Cn1nc(C(F)F)c(Cl)c1C(F)F. The lowest BCUT2D eigenvalue weighted by Crippen LogP contribution is -2.09. The molecular formula is C18H14ClF4N7O. The Kier molecular flexibility index (Phi) is 6.16. The predicted molar refractivity (Wildman–Crippen MR) is 104 cm³/mol. The molecule has 2 heterocycles. The number of benzene rings is 1. The summed E-state index contributed by atoms with van der Waals surface area (Å²) in [7, 11) is 1.34. The molecule has 162 valence electrons. The van der Waals surface area contributed by atoms with E-state index < -0.39 is 29.3 Å². The van der Waals surface area contributed by atoms with Crippen LogP contribution in [0.3, 0.4) is 0 Å². The number of aromatic nitrogens is 4. The van der Waals surface area contributed by atoms with Crippen molar-refractivity contribution in [1.29, 1.82) is 5.26 Å². The third-order valence-electron chi connectivity index (χ3n) is 4.31. The van der Waals surface area contributed by atoms with Crippen LogP contribution in [0.2, 0.25) is 5.02 Å². The fraction of sp³-hybridized carbons (Fsp3) is 0.222. The molecular weight excluding hydrogens is 442 g/mol. The standard InChI is InChI=1S/C18H14ClF4N7O/c1-31-10-3-2-7(12-9(5-24)17(25)28-18(26)27-12)4-8(10)6-30-14(16(22)23)11(19)13(29-30)15(20)21/h2-4,15-16H,6H2,1H3,(H4,25,26,27,28). The van der Waals surface area contributed by atoms with E-state index in [1.54, 1.807) is 6.07 Å². The Labute approximate surface area is 178 Å². The Balaban J connectivity index is 2.15. The number of anilines is 2. The quantitative estimate of drug-likeness (QED) is 0.538. The van der Waals surface area contributed by atoms with Gasteiger partial charge in [-0.2, -0.15) is 15.3 Å².